The standard InChI is InChI=1S/C18H22N2O4S2/c1-13-11-20(12-14(2)24-13)26(22,23)17-7-5-15(6-8-17)19-18(21)10-16-4-3-9-25-16/h3-9,13-14H,10-12H2,1-2H3,(H,19,21)/t13-,14-/m1/s1. The Morgan fingerprint density at radius 3 is 2.42 bits per heavy atom. The third-order valence-corrected chi connectivity index (χ3v) is 6.80. The summed E-state index contributed by atoms with van der Waals surface area (Å²) in [5, 5.41) is 4.72. The van der Waals surface area contributed by atoms with Gasteiger partial charge >= 0.3 is 0 Å². The Morgan fingerprint density at radius 2 is 1.85 bits per heavy atom. The monoisotopic (exact) mass is 394 g/mol. The first-order chi connectivity index (χ1) is 12.3. The Bertz CT molecular complexity index is 838. The third-order valence-electron chi connectivity index (χ3n) is 4.08. The first kappa shape index (κ1) is 19.0. The normalized spacial score (nSPS) is 21.5. The molecule has 1 N–H and O–H groups in total. The van der Waals surface area contributed by atoms with Gasteiger partial charge < -0.3 is 10.1 Å². The van der Waals surface area contributed by atoms with Crippen molar-refractivity contribution >= 4 is 33.0 Å². The number of rotatable bonds is 5. The van der Waals surface area contributed by atoms with Crippen LogP contribution >= 0.6 is 11.3 Å². The summed E-state index contributed by atoms with van der Waals surface area (Å²) < 4.78 is 32.7. The molecule has 3 rings (SSSR count). The Morgan fingerprint density at radius 1 is 1.19 bits per heavy atom. The average Bonchev–Trinajstić information content (AvgIpc) is 3.07. The van der Waals surface area contributed by atoms with Crippen LogP contribution in [0.3, 0.4) is 0 Å². The summed E-state index contributed by atoms with van der Waals surface area (Å²) in [6, 6.07) is 10.1. The number of benzene rings is 1. The predicted molar refractivity (Wildman–Crippen MR) is 102 cm³/mol. The lowest BCUT2D eigenvalue weighted by Crippen LogP contribution is -2.48. The van der Waals surface area contributed by atoms with Gasteiger partial charge in [-0.3, -0.25) is 4.79 Å². The minimum atomic E-state index is -3.57. The van der Waals surface area contributed by atoms with Gasteiger partial charge in [0, 0.05) is 23.7 Å². The van der Waals surface area contributed by atoms with Crippen molar-refractivity contribution in [2.45, 2.75) is 37.4 Å². The van der Waals surface area contributed by atoms with Gasteiger partial charge in [-0.1, -0.05) is 6.07 Å². The molecule has 1 saturated heterocycles. The van der Waals surface area contributed by atoms with E-state index in [9.17, 15) is 13.2 Å². The van der Waals surface area contributed by atoms with Gasteiger partial charge in [0.25, 0.3) is 0 Å². The molecule has 2 atom stereocenters. The van der Waals surface area contributed by atoms with Crippen molar-refractivity contribution in [1.29, 1.82) is 0 Å². The molecule has 1 aliphatic rings. The lowest BCUT2D eigenvalue weighted by molar-refractivity contribution is -0.115. The molecule has 1 aliphatic heterocycles. The van der Waals surface area contributed by atoms with E-state index in [1.165, 1.54) is 27.8 Å². The maximum Gasteiger partial charge on any atom is 0.243 e. The number of hydrogen-bond acceptors (Lipinski definition) is 5. The van der Waals surface area contributed by atoms with Crippen molar-refractivity contribution in [2.75, 3.05) is 18.4 Å². The first-order valence-electron chi connectivity index (χ1n) is 8.42. The molecular formula is C18H22N2O4S2. The van der Waals surface area contributed by atoms with Crippen molar-refractivity contribution in [3.63, 3.8) is 0 Å². The fourth-order valence-electron chi connectivity index (χ4n) is 2.96. The van der Waals surface area contributed by atoms with E-state index < -0.39 is 10.0 Å². The van der Waals surface area contributed by atoms with Crippen molar-refractivity contribution in [1.82, 2.24) is 4.31 Å². The van der Waals surface area contributed by atoms with Crippen molar-refractivity contribution < 1.29 is 17.9 Å². The molecule has 26 heavy (non-hydrogen) atoms. The molecule has 1 fully saturated rings. The number of thiophene rings is 1. The van der Waals surface area contributed by atoms with Crippen LogP contribution in [0.5, 0.6) is 0 Å². The van der Waals surface area contributed by atoms with Gasteiger partial charge in [-0.25, -0.2) is 8.42 Å². The number of anilines is 1. The van der Waals surface area contributed by atoms with E-state index in [1.807, 2.05) is 31.4 Å². The van der Waals surface area contributed by atoms with Crippen molar-refractivity contribution in [3.8, 4) is 0 Å². The fraction of sp³-hybridized carbons (Fsp3) is 0.389. The number of carbonyl (C=O) groups is 1. The SMILES string of the molecule is C[C@@H]1CN(S(=O)(=O)c2ccc(NC(=O)Cc3cccs3)cc2)C[C@@H](C)O1. The number of ether oxygens (including phenoxy) is 1. The zero-order valence-corrected chi connectivity index (χ0v) is 16.3. The van der Waals surface area contributed by atoms with Crippen LogP contribution in [0.25, 0.3) is 0 Å². The summed E-state index contributed by atoms with van der Waals surface area (Å²) >= 11 is 1.53. The summed E-state index contributed by atoms with van der Waals surface area (Å²) in [7, 11) is -3.57. The topological polar surface area (TPSA) is 75.7 Å². The number of carbonyl (C=O) groups excluding carboxylic acids is 1. The molecule has 6 nitrogen and oxygen atoms in total. The highest BCUT2D eigenvalue weighted by atomic mass is 32.2. The molecule has 1 aromatic carbocycles. The fourth-order valence-corrected chi connectivity index (χ4v) is 5.26. The number of morpholine rings is 1. The smallest absolute Gasteiger partial charge is 0.243 e. The van der Waals surface area contributed by atoms with Crippen molar-refractivity contribution in [3.05, 3.63) is 46.7 Å². The number of sulfonamides is 1. The molecule has 8 heteroatoms. The summed E-state index contributed by atoms with van der Waals surface area (Å²) in [5.41, 5.74) is 0.578. The minimum Gasteiger partial charge on any atom is -0.373 e. The molecule has 140 valence electrons. The molecule has 0 unspecified atom stereocenters. The maximum atomic E-state index is 12.8. The molecule has 1 aromatic heterocycles. The van der Waals surface area contributed by atoms with Gasteiger partial charge in [-0.15, -0.1) is 11.3 Å². The zero-order chi connectivity index (χ0) is 18.7. The van der Waals surface area contributed by atoms with E-state index in [0.717, 1.165) is 4.88 Å². The Balaban J connectivity index is 1.67. The third kappa shape index (κ3) is 4.50. The molecule has 0 radical (unpaired) electrons. The number of amides is 1. The Hall–Kier alpha value is -1.74. The summed E-state index contributed by atoms with van der Waals surface area (Å²) in [4.78, 5) is 13.2. The molecule has 1 amide bonds. The van der Waals surface area contributed by atoms with Crippen LogP contribution < -0.4 is 5.32 Å². The molecular weight excluding hydrogens is 372 g/mol. The van der Waals surface area contributed by atoms with Gasteiger partial charge in [-0.05, 0) is 49.6 Å². The van der Waals surface area contributed by atoms with Crippen LogP contribution in [0.4, 0.5) is 5.69 Å². The van der Waals surface area contributed by atoms with E-state index >= 15 is 0 Å². The highest BCUT2D eigenvalue weighted by Gasteiger charge is 2.32. The predicted octanol–water partition coefficient (Wildman–Crippen LogP) is 2.73. The Kier molecular flexibility index (Phi) is 5.76. The second kappa shape index (κ2) is 7.87. The lowest BCUT2D eigenvalue weighted by atomic mass is 10.3. The van der Waals surface area contributed by atoms with Crippen molar-refractivity contribution in [2.24, 2.45) is 0 Å². The molecule has 2 aromatic rings. The Labute approximate surface area is 157 Å². The number of hydrogen-bond donors (Lipinski definition) is 1. The molecule has 2 heterocycles. The average molecular weight is 395 g/mol. The highest BCUT2D eigenvalue weighted by molar-refractivity contribution is 7.89. The van der Waals surface area contributed by atoms with Gasteiger partial charge in [-0.2, -0.15) is 4.31 Å². The van der Waals surface area contributed by atoms with Gasteiger partial charge in [0.2, 0.25) is 15.9 Å². The van der Waals surface area contributed by atoms with Crippen LogP contribution in [0, 0.1) is 0 Å². The summed E-state index contributed by atoms with van der Waals surface area (Å²) in [6.45, 7) is 4.41. The van der Waals surface area contributed by atoms with Crippen LogP contribution in [0.2, 0.25) is 0 Å². The van der Waals surface area contributed by atoms with Gasteiger partial charge in [0.05, 0.1) is 23.5 Å². The molecule has 0 spiro atoms. The van der Waals surface area contributed by atoms with E-state index in [4.69, 9.17) is 4.74 Å². The van der Waals surface area contributed by atoms with Crippen LogP contribution in [-0.4, -0.2) is 43.9 Å². The highest BCUT2D eigenvalue weighted by Crippen LogP contribution is 2.22. The minimum absolute atomic E-state index is 0.126. The lowest BCUT2D eigenvalue weighted by Gasteiger charge is -2.34. The molecule has 0 saturated carbocycles. The quantitative estimate of drug-likeness (QED) is 0.846. The summed E-state index contributed by atoms with van der Waals surface area (Å²) in [5.74, 6) is -0.126. The van der Waals surface area contributed by atoms with Gasteiger partial charge in [0.1, 0.15) is 0 Å². The van der Waals surface area contributed by atoms with E-state index in [-0.39, 0.29) is 23.0 Å². The maximum absolute atomic E-state index is 12.8. The van der Waals surface area contributed by atoms with Crippen LogP contribution in [0.1, 0.15) is 18.7 Å². The molecule has 0 bridgehead atoms. The van der Waals surface area contributed by atoms with Crippen LogP contribution in [0.15, 0.2) is 46.7 Å². The molecule has 0 aliphatic carbocycles. The first-order valence-corrected chi connectivity index (χ1v) is 10.7. The second-order valence-electron chi connectivity index (χ2n) is 6.41. The van der Waals surface area contributed by atoms with Crippen LogP contribution in [-0.2, 0) is 26.0 Å². The number of nitrogens with zero attached hydrogens (tertiary/aromatic N) is 1. The zero-order valence-electron chi connectivity index (χ0n) is 14.7. The van der Waals surface area contributed by atoms with Gasteiger partial charge in [0.15, 0.2) is 0 Å². The van der Waals surface area contributed by atoms with E-state index in [2.05, 4.69) is 5.32 Å². The number of nitrogens with one attached hydrogen (secondary N) is 1. The van der Waals surface area contributed by atoms with E-state index in [0.29, 0.717) is 25.2 Å². The summed E-state index contributed by atoms with van der Waals surface area (Å²) in [6.07, 6.45) is 0.0371. The van der Waals surface area contributed by atoms with E-state index in [1.54, 1.807) is 12.1 Å². The largest absolute Gasteiger partial charge is 0.373 e. The second-order valence-corrected chi connectivity index (χ2v) is 9.38.